The van der Waals surface area contributed by atoms with Gasteiger partial charge in [0.15, 0.2) is 0 Å². The van der Waals surface area contributed by atoms with Crippen LogP contribution in [0.3, 0.4) is 0 Å². The molecule has 49 heavy (non-hydrogen) atoms. The Kier molecular flexibility index (Phi) is 35.6. The minimum atomic E-state index is -4.34. The number of carbonyl (C=O) groups excluding carboxylic acids is 1. The highest BCUT2D eigenvalue weighted by molar-refractivity contribution is 7.47. The first-order valence-corrected chi connectivity index (χ1v) is 21.6. The summed E-state index contributed by atoms with van der Waals surface area (Å²) >= 11 is 0. The minimum Gasteiger partial charge on any atom is -0.387 e. The molecule has 3 atom stereocenters. The van der Waals surface area contributed by atoms with Crippen molar-refractivity contribution < 1.29 is 28.4 Å². The van der Waals surface area contributed by atoms with Crippen molar-refractivity contribution in [2.24, 2.45) is 5.73 Å². The monoisotopic (exact) mass is 713 g/mol. The maximum absolute atomic E-state index is 12.7. The lowest BCUT2D eigenvalue weighted by atomic mass is 10.1. The van der Waals surface area contributed by atoms with Gasteiger partial charge in [0.1, 0.15) is 0 Å². The molecule has 0 rings (SSSR count). The highest BCUT2D eigenvalue weighted by Gasteiger charge is 2.26. The predicted octanol–water partition coefficient (Wildman–Crippen LogP) is 10.8. The van der Waals surface area contributed by atoms with Crippen molar-refractivity contribution in [2.45, 2.75) is 193 Å². The van der Waals surface area contributed by atoms with E-state index in [9.17, 15) is 19.4 Å². The van der Waals surface area contributed by atoms with E-state index >= 15 is 0 Å². The molecule has 0 aromatic rings. The van der Waals surface area contributed by atoms with Crippen LogP contribution in [0.25, 0.3) is 0 Å². The summed E-state index contributed by atoms with van der Waals surface area (Å²) in [5.74, 6) is -0.214. The van der Waals surface area contributed by atoms with Gasteiger partial charge in [0.05, 0.1) is 25.4 Å². The van der Waals surface area contributed by atoms with Crippen molar-refractivity contribution in [3.05, 3.63) is 36.5 Å². The number of nitrogens with two attached hydrogens (primary N) is 1. The van der Waals surface area contributed by atoms with Gasteiger partial charge in [-0.3, -0.25) is 13.8 Å². The van der Waals surface area contributed by atoms with E-state index in [4.69, 9.17) is 14.8 Å². The van der Waals surface area contributed by atoms with E-state index < -0.39 is 20.0 Å². The van der Waals surface area contributed by atoms with Crippen LogP contribution in [-0.2, 0) is 18.4 Å². The van der Waals surface area contributed by atoms with Gasteiger partial charge in [-0.15, -0.1) is 0 Å². The number of amides is 1. The lowest BCUT2D eigenvalue weighted by Crippen LogP contribution is -2.45. The van der Waals surface area contributed by atoms with E-state index in [1.165, 1.54) is 109 Å². The number of hydrogen-bond donors (Lipinski definition) is 4. The van der Waals surface area contributed by atoms with E-state index in [1.54, 1.807) is 6.08 Å². The van der Waals surface area contributed by atoms with Crippen LogP contribution < -0.4 is 11.1 Å². The summed E-state index contributed by atoms with van der Waals surface area (Å²) in [5.41, 5.74) is 5.36. The smallest absolute Gasteiger partial charge is 0.387 e. The molecule has 0 aliphatic carbocycles. The minimum absolute atomic E-state index is 0.0725. The average molecular weight is 713 g/mol. The van der Waals surface area contributed by atoms with Gasteiger partial charge >= 0.3 is 7.82 Å². The summed E-state index contributed by atoms with van der Waals surface area (Å²) in [6.45, 7) is 4.08. The summed E-state index contributed by atoms with van der Waals surface area (Å²) in [4.78, 5) is 22.6. The molecule has 0 bridgehead atoms. The second-order valence-electron chi connectivity index (χ2n) is 13.5. The number of aliphatic hydroxyl groups is 1. The largest absolute Gasteiger partial charge is 0.472 e. The van der Waals surface area contributed by atoms with Crippen molar-refractivity contribution in [3.8, 4) is 0 Å². The van der Waals surface area contributed by atoms with Crippen LogP contribution in [0.5, 0.6) is 0 Å². The maximum atomic E-state index is 12.7. The number of carbonyl (C=O) groups is 1. The van der Waals surface area contributed by atoms with E-state index in [2.05, 4.69) is 43.5 Å². The van der Waals surface area contributed by atoms with Crippen LogP contribution in [0, 0.1) is 0 Å². The number of nitrogens with one attached hydrogen (secondary N) is 1. The van der Waals surface area contributed by atoms with Crippen LogP contribution >= 0.6 is 7.82 Å². The van der Waals surface area contributed by atoms with Crippen molar-refractivity contribution >= 4 is 13.7 Å². The number of aliphatic hydroxyl groups excluding tert-OH is 1. The highest BCUT2D eigenvalue weighted by Crippen LogP contribution is 2.43. The van der Waals surface area contributed by atoms with Crippen LogP contribution in [0.1, 0.15) is 181 Å². The second-order valence-corrected chi connectivity index (χ2v) is 14.9. The van der Waals surface area contributed by atoms with Crippen LogP contribution in [0.15, 0.2) is 36.5 Å². The van der Waals surface area contributed by atoms with Crippen molar-refractivity contribution in [2.75, 3.05) is 19.8 Å². The fourth-order valence-electron chi connectivity index (χ4n) is 5.61. The number of hydrogen-bond acceptors (Lipinski definition) is 6. The third-order valence-electron chi connectivity index (χ3n) is 8.69. The van der Waals surface area contributed by atoms with Gasteiger partial charge in [0, 0.05) is 13.0 Å². The van der Waals surface area contributed by atoms with Gasteiger partial charge in [0.25, 0.3) is 0 Å². The summed E-state index contributed by atoms with van der Waals surface area (Å²) in [7, 11) is -4.34. The van der Waals surface area contributed by atoms with Gasteiger partial charge in [-0.1, -0.05) is 153 Å². The third-order valence-corrected chi connectivity index (χ3v) is 9.67. The number of rotatable bonds is 37. The Morgan fingerprint density at radius 3 is 1.57 bits per heavy atom. The van der Waals surface area contributed by atoms with E-state index in [0.717, 1.165) is 51.4 Å². The summed E-state index contributed by atoms with van der Waals surface area (Å²) in [6, 6.07) is -0.879. The molecule has 9 heteroatoms. The lowest BCUT2D eigenvalue weighted by Gasteiger charge is -2.23. The Labute approximate surface area is 301 Å². The SMILES string of the molecule is CCCCCCC/C=C\CCCCCCCC(=O)NC(COP(=O)(O)OCCN)C(O)/C=C/CC/C=C/CCCCCCCCCCCC. The summed E-state index contributed by atoms with van der Waals surface area (Å²) < 4.78 is 22.0. The van der Waals surface area contributed by atoms with E-state index in [1.807, 2.05) is 6.08 Å². The van der Waals surface area contributed by atoms with Crippen molar-refractivity contribution in [1.82, 2.24) is 5.32 Å². The molecule has 288 valence electrons. The topological polar surface area (TPSA) is 131 Å². The number of unbranched alkanes of at least 4 members (excludes halogenated alkanes) is 21. The maximum Gasteiger partial charge on any atom is 0.472 e. The predicted molar refractivity (Wildman–Crippen MR) is 208 cm³/mol. The first-order chi connectivity index (χ1) is 23.9. The lowest BCUT2D eigenvalue weighted by molar-refractivity contribution is -0.123. The molecule has 0 radical (unpaired) electrons. The molecule has 0 fully saturated rings. The Hall–Kier alpha value is -1.28. The van der Waals surface area contributed by atoms with E-state index in [-0.39, 0.29) is 25.7 Å². The Morgan fingerprint density at radius 1 is 0.653 bits per heavy atom. The number of phosphoric acid groups is 1. The molecule has 1 amide bonds. The van der Waals surface area contributed by atoms with Gasteiger partial charge in [-0.2, -0.15) is 0 Å². The highest BCUT2D eigenvalue weighted by atomic mass is 31.2. The molecule has 0 aliphatic heterocycles. The third kappa shape index (κ3) is 34.9. The quantitative estimate of drug-likeness (QED) is 0.0286. The zero-order valence-corrected chi connectivity index (χ0v) is 32.6. The number of phosphoric ester groups is 1. The molecule has 5 N–H and O–H groups in total. The Balaban J connectivity index is 4.35. The zero-order valence-electron chi connectivity index (χ0n) is 31.7. The summed E-state index contributed by atoms with van der Waals surface area (Å²) in [6.07, 6.45) is 41.9. The molecule has 8 nitrogen and oxygen atoms in total. The molecule has 0 heterocycles. The van der Waals surface area contributed by atoms with Crippen LogP contribution in [-0.4, -0.2) is 47.8 Å². The Bertz CT molecular complexity index is 866. The molecule has 0 spiro atoms. The molecule has 3 unspecified atom stereocenters. The molecule has 0 aliphatic rings. The van der Waals surface area contributed by atoms with Gasteiger partial charge in [-0.05, 0) is 57.8 Å². The standard InChI is InChI=1S/C40H77N2O6P/c1-3-5-7-9-11-13-15-17-19-20-21-23-25-27-29-31-33-39(43)38(37-48-49(45,46)47-36-35-41)42-40(44)34-32-30-28-26-24-22-18-16-14-12-10-8-6-4-2/h16,18,23,25,31,33,38-39,43H,3-15,17,19-22,24,26-30,32,34-37,41H2,1-2H3,(H,42,44)(H,45,46)/b18-16-,25-23+,33-31+. The molecular formula is C40H77N2O6P. The second kappa shape index (κ2) is 36.5. The van der Waals surface area contributed by atoms with E-state index in [0.29, 0.717) is 6.42 Å². The van der Waals surface area contributed by atoms with Gasteiger partial charge < -0.3 is 21.1 Å². The van der Waals surface area contributed by atoms with Crippen molar-refractivity contribution in [3.63, 3.8) is 0 Å². The summed E-state index contributed by atoms with van der Waals surface area (Å²) in [5, 5.41) is 13.6. The molecule has 0 saturated carbocycles. The fourth-order valence-corrected chi connectivity index (χ4v) is 6.37. The molecule has 0 aromatic carbocycles. The first kappa shape index (κ1) is 47.7. The molecule has 0 saturated heterocycles. The average Bonchev–Trinajstić information content (AvgIpc) is 3.09. The number of allylic oxidation sites excluding steroid dienone is 5. The van der Waals surface area contributed by atoms with Crippen LogP contribution in [0.4, 0.5) is 0 Å². The zero-order chi connectivity index (χ0) is 36.1. The van der Waals surface area contributed by atoms with Gasteiger partial charge in [0.2, 0.25) is 5.91 Å². The first-order valence-electron chi connectivity index (χ1n) is 20.1. The fraction of sp³-hybridized carbons (Fsp3) is 0.825. The molecular weight excluding hydrogens is 635 g/mol. The normalized spacial score (nSPS) is 14.6. The van der Waals surface area contributed by atoms with Gasteiger partial charge in [-0.25, -0.2) is 4.57 Å². The van der Waals surface area contributed by atoms with Crippen LogP contribution in [0.2, 0.25) is 0 Å². The molecule has 0 aromatic heterocycles. The Morgan fingerprint density at radius 2 is 1.08 bits per heavy atom. The van der Waals surface area contributed by atoms with Crippen molar-refractivity contribution in [1.29, 1.82) is 0 Å².